The lowest BCUT2D eigenvalue weighted by Crippen LogP contribution is -2.47. The number of fused-ring (bicyclic) bond motifs is 1. The standard InChI is InChI=1S/C19H15F4N5O/c1-10-8-28-17(13(7-25-28)16-3-2-11(20)6-24-16)9-27(10)19(29)26-12-4-14(21)18(23)15(22)5-12/h2-7,10H,8-9H2,1H3,(H,26,29). The summed E-state index contributed by atoms with van der Waals surface area (Å²) in [6.45, 7) is 2.33. The number of rotatable bonds is 2. The van der Waals surface area contributed by atoms with Gasteiger partial charge < -0.3 is 10.2 Å². The molecule has 0 saturated heterocycles. The van der Waals surface area contributed by atoms with E-state index < -0.39 is 29.3 Å². The van der Waals surface area contributed by atoms with Gasteiger partial charge >= 0.3 is 6.03 Å². The van der Waals surface area contributed by atoms with Crippen LogP contribution in [0.4, 0.5) is 28.0 Å². The topological polar surface area (TPSA) is 63.1 Å². The fourth-order valence-electron chi connectivity index (χ4n) is 3.24. The molecule has 1 N–H and O–H groups in total. The zero-order valence-electron chi connectivity index (χ0n) is 15.2. The van der Waals surface area contributed by atoms with Gasteiger partial charge in [-0.05, 0) is 19.1 Å². The third-order valence-electron chi connectivity index (χ3n) is 4.74. The summed E-state index contributed by atoms with van der Waals surface area (Å²) in [6, 6.07) is 3.34. The molecule has 29 heavy (non-hydrogen) atoms. The van der Waals surface area contributed by atoms with Crippen molar-refractivity contribution >= 4 is 11.7 Å². The van der Waals surface area contributed by atoms with Gasteiger partial charge in [-0.2, -0.15) is 5.10 Å². The van der Waals surface area contributed by atoms with Crippen molar-refractivity contribution in [3.63, 3.8) is 0 Å². The van der Waals surface area contributed by atoms with E-state index in [0.29, 0.717) is 35.6 Å². The van der Waals surface area contributed by atoms with E-state index in [1.165, 1.54) is 17.0 Å². The van der Waals surface area contributed by atoms with Crippen LogP contribution in [-0.2, 0) is 13.1 Å². The first kappa shape index (κ1) is 18.9. The van der Waals surface area contributed by atoms with E-state index in [-0.39, 0.29) is 18.3 Å². The van der Waals surface area contributed by atoms with Crippen LogP contribution in [0.5, 0.6) is 0 Å². The third kappa shape index (κ3) is 3.53. The zero-order chi connectivity index (χ0) is 20.7. The van der Waals surface area contributed by atoms with Gasteiger partial charge in [-0.1, -0.05) is 0 Å². The van der Waals surface area contributed by atoms with E-state index in [0.717, 1.165) is 6.20 Å². The van der Waals surface area contributed by atoms with Crippen molar-refractivity contribution < 1.29 is 22.4 Å². The second-order valence-corrected chi connectivity index (χ2v) is 6.71. The number of hydrogen-bond acceptors (Lipinski definition) is 3. The van der Waals surface area contributed by atoms with Gasteiger partial charge in [-0.25, -0.2) is 22.4 Å². The maximum atomic E-state index is 13.4. The van der Waals surface area contributed by atoms with Crippen molar-refractivity contribution in [3.05, 3.63) is 65.6 Å². The molecule has 0 radical (unpaired) electrons. The quantitative estimate of drug-likeness (QED) is 0.519. The fraction of sp³-hybridized carbons (Fsp3) is 0.211. The lowest BCUT2D eigenvalue weighted by Gasteiger charge is -2.34. The molecule has 0 aliphatic carbocycles. The highest BCUT2D eigenvalue weighted by Gasteiger charge is 2.30. The van der Waals surface area contributed by atoms with E-state index in [1.807, 2.05) is 0 Å². The molecule has 1 aromatic carbocycles. The number of carbonyl (C=O) groups excluding carboxylic acids is 1. The summed E-state index contributed by atoms with van der Waals surface area (Å²) in [5.41, 5.74) is 1.64. The first-order valence-corrected chi connectivity index (χ1v) is 8.72. The summed E-state index contributed by atoms with van der Waals surface area (Å²) < 4.78 is 54.8. The van der Waals surface area contributed by atoms with Crippen molar-refractivity contribution in [2.75, 3.05) is 5.32 Å². The maximum Gasteiger partial charge on any atom is 0.322 e. The van der Waals surface area contributed by atoms with Crippen molar-refractivity contribution in [2.24, 2.45) is 0 Å². The van der Waals surface area contributed by atoms with Crippen molar-refractivity contribution in [1.29, 1.82) is 0 Å². The van der Waals surface area contributed by atoms with E-state index in [2.05, 4.69) is 15.4 Å². The van der Waals surface area contributed by atoms with Gasteiger partial charge in [-0.3, -0.25) is 9.67 Å². The van der Waals surface area contributed by atoms with Crippen LogP contribution in [0.25, 0.3) is 11.3 Å². The Morgan fingerprint density at radius 2 is 1.86 bits per heavy atom. The molecule has 4 rings (SSSR count). The van der Waals surface area contributed by atoms with E-state index >= 15 is 0 Å². The molecule has 3 heterocycles. The molecule has 0 bridgehead atoms. The van der Waals surface area contributed by atoms with Gasteiger partial charge in [0.2, 0.25) is 0 Å². The zero-order valence-corrected chi connectivity index (χ0v) is 15.2. The van der Waals surface area contributed by atoms with Gasteiger partial charge in [0.1, 0.15) is 5.82 Å². The average molecular weight is 405 g/mol. The lowest BCUT2D eigenvalue weighted by molar-refractivity contribution is 0.161. The molecular weight excluding hydrogens is 390 g/mol. The van der Waals surface area contributed by atoms with Gasteiger partial charge in [0.15, 0.2) is 17.5 Å². The van der Waals surface area contributed by atoms with Gasteiger partial charge in [0.05, 0.1) is 42.9 Å². The van der Waals surface area contributed by atoms with Crippen LogP contribution in [0.1, 0.15) is 12.6 Å². The molecule has 1 aliphatic rings. The fourth-order valence-corrected chi connectivity index (χ4v) is 3.24. The Morgan fingerprint density at radius 3 is 2.52 bits per heavy atom. The predicted octanol–water partition coefficient (Wildman–Crippen LogP) is 3.94. The first-order chi connectivity index (χ1) is 13.8. The summed E-state index contributed by atoms with van der Waals surface area (Å²) in [4.78, 5) is 18.2. The highest BCUT2D eigenvalue weighted by Crippen LogP contribution is 2.28. The smallest absolute Gasteiger partial charge is 0.314 e. The number of nitrogens with one attached hydrogen (secondary N) is 1. The van der Waals surface area contributed by atoms with Crippen LogP contribution in [0.15, 0.2) is 36.7 Å². The molecule has 0 saturated carbocycles. The second kappa shape index (κ2) is 7.19. The molecule has 1 atom stereocenters. The third-order valence-corrected chi connectivity index (χ3v) is 4.74. The number of pyridine rings is 1. The molecule has 3 aromatic rings. The Labute approximate surface area is 162 Å². The number of hydrogen-bond donors (Lipinski definition) is 1. The summed E-state index contributed by atoms with van der Waals surface area (Å²) >= 11 is 0. The number of anilines is 1. The van der Waals surface area contributed by atoms with Crippen LogP contribution in [0.3, 0.4) is 0 Å². The van der Waals surface area contributed by atoms with Crippen molar-refractivity contribution in [3.8, 4) is 11.3 Å². The molecule has 6 nitrogen and oxygen atoms in total. The first-order valence-electron chi connectivity index (χ1n) is 8.72. The van der Waals surface area contributed by atoms with E-state index in [9.17, 15) is 22.4 Å². The number of urea groups is 1. The van der Waals surface area contributed by atoms with Crippen LogP contribution < -0.4 is 5.32 Å². The van der Waals surface area contributed by atoms with Gasteiger partial charge in [-0.15, -0.1) is 0 Å². The SMILES string of the molecule is CC1Cn2ncc(-c3ccc(F)cn3)c2CN1C(=O)Nc1cc(F)c(F)c(F)c1. The largest absolute Gasteiger partial charge is 0.322 e. The Hall–Kier alpha value is -3.43. The van der Waals surface area contributed by atoms with Crippen LogP contribution in [-0.4, -0.2) is 31.7 Å². The van der Waals surface area contributed by atoms with Crippen LogP contribution in [0, 0.1) is 23.3 Å². The minimum atomic E-state index is -1.60. The number of nitrogens with zero attached hydrogens (tertiary/aromatic N) is 4. The summed E-state index contributed by atoms with van der Waals surface area (Å²) in [5, 5.41) is 6.69. The van der Waals surface area contributed by atoms with E-state index in [1.54, 1.807) is 17.8 Å². The molecule has 150 valence electrons. The molecule has 2 amide bonds. The minimum absolute atomic E-state index is 0.146. The highest BCUT2D eigenvalue weighted by atomic mass is 19.2. The van der Waals surface area contributed by atoms with E-state index in [4.69, 9.17) is 0 Å². The number of benzene rings is 1. The normalized spacial score (nSPS) is 15.9. The Morgan fingerprint density at radius 1 is 1.14 bits per heavy atom. The Bertz CT molecular complexity index is 1060. The van der Waals surface area contributed by atoms with Crippen LogP contribution >= 0.6 is 0 Å². The van der Waals surface area contributed by atoms with Crippen LogP contribution in [0.2, 0.25) is 0 Å². The number of amides is 2. The number of carbonyl (C=O) groups is 1. The molecule has 0 spiro atoms. The average Bonchev–Trinajstić information content (AvgIpc) is 3.08. The predicted molar refractivity (Wildman–Crippen MR) is 95.8 cm³/mol. The highest BCUT2D eigenvalue weighted by molar-refractivity contribution is 5.89. The molecule has 0 fully saturated rings. The summed E-state index contributed by atoms with van der Waals surface area (Å²) in [5.74, 6) is -4.86. The molecular formula is C19H15F4N5O. The summed E-state index contributed by atoms with van der Waals surface area (Å²) in [7, 11) is 0. The Balaban J connectivity index is 1.59. The number of halogens is 4. The minimum Gasteiger partial charge on any atom is -0.314 e. The van der Waals surface area contributed by atoms with Crippen molar-refractivity contribution in [2.45, 2.75) is 26.1 Å². The lowest BCUT2D eigenvalue weighted by atomic mass is 10.1. The maximum absolute atomic E-state index is 13.4. The summed E-state index contributed by atoms with van der Waals surface area (Å²) in [6.07, 6.45) is 2.68. The van der Waals surface area contributed by atoms with Gasteiger partial charge in [0, 0.05) is 23.4 Å². The monoisotopic (exact) mass is 405 g/mol. The van der Waals surface area contributed by atoms with Crippen molar-refractivity contribution in [1.82, 2.24) is 19.7 Å². The Kier molecular flexibility index (Phi) is 4.69. The molecule has 10 heteroatoms. The molecule has 2 aromatic heterocycles. The van der Waals surface area contributed by atoms with Gasteiger partial charge in [0.25, 0.3) is 0 Å². The second-order valence-electron chi connectivity index (χ2n) is 6.71. The number of aromatic nitrogens is 3. The molecule has 1 unspecified atom stereocenters. The molecule has 1 aliphatic heterocycles.